The lowest BCUT2D eigenvalue weighted by Crippen LogP contribution is -2.37. The highest BCUT2D eigenvalue weighted by molar-refractivity contribution is 5.85. The molecule has 2 rings (SSSR count). The van der Waals surface area contributed by atoms with Gasteiger partial charge in [-0.05, 0) is 43.0 Å². The highest BCUT2D eigenvalue weighted by Crippen LogP contribution is 2.18. The van der Waals surface area contributed by atoms with E-state index in [4.69, 9.17) is 10.5 Å². The monoisotopic (exact) mass is 284 g/mol. The number of halogens is 1. The van der Waals surface area contributed by atoms with E-state index in [1.807, 2.05) is 0 Å². The number of hydrogen-bond donors (Lipinski definition) is 1. The highest BCUT2D eigenvalue weighted by Gasteiger charge is 2.18. The summed E-state index contributed by atoms with van der Waals surface area (Å²) in [5, 5.41) is 0. The predicted molar refractivity (Wildman–Crippen MR) is 81.5 cm³/mol. The van der Waals surface area contributed by atoms with E-state index in [9.17, 15) is 0 Å². The molecule has 4 heteroatoms. The summed E-state index contributed by atoms with van der Waals surface area (Å²) >= 11 is 0. The molecule has 1 aromatic rings. The maximum absolute atomic E-state index is 5.78. The van der Waals surface area contributed by atoms with Crippen LogP contribution in [0.4, 0.5) is 0 Å². The maximum Gasteiger partial charge on any atom is 0.0713 e. The van der Waals surface area contributed by atoms with Gasteiger partial charge < -0.3 is 10.5 Å². The van der Waals surface area contributed by atoms with E-state index in [-0.39, 0.29) is 12.4 Å². The zero-order valence-electron chi connectivity index (χ0n) is 11.7. The molecule has 1 aromatic carbocycles. The molecule has 0 saturated carbocycles. The lowest BCUT2D eigenvalue weighted by atomic mass is 9.98. The van der Waals surface area contributed by atoms with Gasteiger partial charge in [-0.1, -0.05) is 24.3 Å². The molecule has 0 aromatic heterocycles. The molecule has 1 aliphatic rings. The summed E-state index contributed by atoms with van der Waals surface area (Å²) in [5.41, 5.74) is 8.41. The molecule has 0 radical (unpaired) electrons. The Labute approximate surface area is 122 Å². The molecule has 19 heavy (non-hydrogen) atoms. The second-order valence-electron chi connectivity index (χ2n) is 5.23. The van der Waals surface area contributed by atoms with Crippen molar-refractivity contribution in [2.75, 3.05) is 26.7 Å². The Kier molecular flexibility index (Phi) is 7.39. The van der Waals surface area contributed by atoms with Gasteiger partial charge in [-0.2, -0.15) is 0 Å². The first kappa shape index (κ1) is 16.4. The fourth-order valence-electron chi connectivity index (χ4n) is 2.73. The van der Waals surface area contributed by atoms with Crippen LogP contribution >= 0.6 is 12.4 Å². The SMILES string of the molecule is COCc1cccc(CN2CCCC(CN)C2)c1.Cl. The van der Waals surface area contributed by atoms with Crippen molar-refractivity contribution >= 4 is 12.4 Å². The molecule has 3 nitrogen and oxygen atoms in total. The van der Waals surface area contributed by atoms with Crippen molar-refractivity contribution in [3.63, 3.8) is 0 Å². The summed E-state index contributed by atoms with van der Waals surface area (Å²) in [4.78, 5) is 2.52. The average Bonchev–Trinajstić information content (AvgIpc) is 2.40. The third-order valence-corrected chi connectivity index (χ3v) is 3.65. The van der Waals surface area contributed by atoms with Crippen molar-refractivity contribution in [1.29, 1.82) is 0 Å². The summed E-state index contributed by atoms with van der Waals surface area (Å²) in [6.45, 7) is 4.89. The van der Waals surface area contributed by atoms with Gasteiger partial charge in [0.25, 0.3) is 0 Å². The van der Waals surface area contributed by atoms with Crippen LogP contribution in [-0.4, -0.2) is 31.6 Å². The number of piperidine rings is 1. The standard InChI is InChI=1S/C15H24N2O.ClH/c1-18-12-14-5-2-4-13(8-14)10-17-7-3-6-15(9-16)11-17;/h2,4-5,8,15H,3,6-7,9-12,16H2,1H3;1H. The molecule has 2 N–H and O–H groups in total. The number of benzene rings is 1. The number of nitrogens with zero attached hydrogens (tertiary/aromatic N) is 1. The predicted octanol–water partition coefficient (Wildman–Crippen LogP) is 2.43. The van der Waals surface area contributed by atoms with E-state index in [1.165, 1.54) is 30.5 Å². The Morgan fingerprint density at radius 2 is 2.16 bits per heavy atom. The van der Waals surface area contributed by atoms with E-state index in [1.54, 1.807) is 7.11 Å². The van der Waals surface area contributed by atoms with Crippen LogP contribution in [0.25, 0.3) is 0 Å². The quantitative estimate of drug-likeness (QED) is 0.902. The molecule has 0 spiro atoms. The molecule has 108 valence electrons. The van der Waals surface area contributed by atoms with Gasteiger partial charge in [-0.25, -0.2) is 0 Å². The number of likely N-dealkylation sites (tertiary alicyclic amines) is 1. The van der Waals surface area contributed by atoms with Crippen LogP contribution in [0.15, 0.2) is 24.3 Å². The largest absolute Gasteiger partial charge is 0.380 e. The number of methoxy groups -OCH3 is 1. The first-order valence-electron chi connectivity index (χ1n) is 6.81. The Morgan fingerprint density at radius 1 is 1.37 bits per heavy atom. The highest BCUT2D eigenvalue weighted by atomic mass is 35.5. The lowest BCUT2D eigenvalue weighted by Gasteiger charge is -2.32. The van der Waals surface area contributed by atoms with Gasteiger partial charge in [-0.3, -0.25) is 4.90 Å². The van der Waals surface area contributed by atoms with Gasteiger partial charge in [0.1, 0.15) is 0 Å². The van der Waals surface area contributed by atoms with Crippen LogP contribution in [-0.2, 0) is 17.9 Å². The van der Waals surface area contributed by atoms with Gasteiger partial charge in [-0.15, -0.1) is 12.4 Å². The fraction of sp³-hybridized carbons (Fsp3) is 0.600. The van der Waals surface area contributed by atoms with E-state index >= 15 is 0 Å². The zero-order chi connectivity index (χ0) is 12.8. The third kappa shape index (κ3) is 5.11. The molecule has 1 unspecified atom stereocenters. The second-order valence-corrected chi connectivity index (χ2v) is 5.23. The lowest BCUT2D eigenvalue weighted by molar-refractivity contribution is 0.170. The number of rotatable bonds is 5. The van der Waals surface area contributed by atoms with Crippen molar-refractivity contribution in [3.05, 3.63) is 35.4 Å². The second kappa shape index (κ2) is 8.54. The Bertz CT molecular complexity index is 373. The molecule has 0 aliphatic carbocycles. The average molecular weight is 285 g/mol. The normalized spacial score (nSPS) is 20.0. The van der Waals surface area contributed by atoms with E-state index in [2.05, 4.69) is 29.2 Å². The summed E-state index contributed by atoms with van der Waals surface area (Å²) in [6, 6.07) is 8.68. The summed E-state index contributed by atoms with van der Waals surface area (Å²) < 4.78 is 5.18. The van der Waals surface area contributed by atoms with Crippen molar-refractivity contribution in [3.8, 4) is 0 Å². The minimum Gasteiger partial charge on any atom is -0.380 e. The van der Waals surface area contributed by atoms with Crippen molar-refractivity contribution in [2.24, 2.45) is 11.7 Å². The fourth-order valence-corrected chi connectivity index (χ4v) is 2.73. The van der Waals surface area contributed by atoms with Crippen molar-refractivity contribution < 1.29 is 4.74 Å². The molecular formula is C15H25ClN2O. The Balaban J connectivity index is 0.00000180. The summed E-state index contributed by atoms with van der Waals surface area (Å²) in [7, 11) is 1.74. The van der Waals surface area contributed by atoms with Crippen molar-refractivity contribution in [2.45, 2.75) is 26.0 Å². The topological polar surface area (TPSA) is 38.5 Å². The number of ether oxygens (including phenoxy) is 1. The van der Waals surface area contributed by atoms with Crippen LogP contribution < -0.4 is 5.73 Å². The van der Waals surface area contributed by atoms with Crippen LogP contribution in [0.1, 0.15) is 24.0 Å². The maximum atomic E-state index is 5.78. The molecule has 1 heterocycles. The molecule has 1 aliphatic heterocycles. The van der Waals surface area contributed by atoms with Crippen LogP contribution in [0.2, 0.25) is 0 Å². The van der Waals surface area contributed by atoms with Gasteiger partial charge in [0.2, 0.25) is 0 Å². The first-order valence-corrected chi connectivity index (χ1v) is 6.81. The van der Waals surface area contributed by atoms with E-state index in [0.717, 1.165) is 19.6 Å². The third-order valence-electron chi connectivity index (χ3n) is 3.65. The van der Waals surface area contributed by atoms with Crippen LogP contribution in [0.3, 0.4) is 0 Å². The van der Waals surface area contributed by atoms with Crippen LogP contribution in [0.5, 0.6) is 0 Å². The molecule has 1 saturated heterocycles. The minimum absolute atomic E-state index is 0. The molecular weight excluding hydrogens is 260 g/mol. The minimum atomic E-state index is 0. The molecule has 1 atom stereocenters. The van der Waals surface area contributed by atoms with E-state index < -0.39 is 0 Å². The molecule has 0 bridgehead atoms. The zero-order valence-corrected chi connectivity index (χ0v) is 12.5. The summed E-state index contributed by atoms with van der Waals surface area (Å²) in [5.74, 6) is 0.681. The molecule has 1 fully saturated rings. The van der Waals surface area contributed by atoms with Gasteiger partial charge in [0.15, 0.2) is 0 Å². The number of hydrogen-bond acceptors (Lipinski definition) is 3. The van der Waals surface area contributed by atoms with Gasteiger partial charge in [0, 0.05) is 20.2 Å². The Hall–Kier alpha value is -0.610. The Morgan fingerprint density at radius 3 is 2.89 bits per heavy atom. The van der Waals surface area contributed by atoms with Gasteiger partial charge in [0.05, 0.1) is 6.61 Å². The summed E-state index contributed by atoms with van der Waals surface area (Å²) in [6.07, 6.45) is 2.57. The smallest absolute Gasteiger partial charge is 0.0713 e. The molecule has 0 amide bonds. The van der Waals surface area contributed by atoms with Gasteiger partial charge >= 0.3 is 0 Å². The van der Waals surface area contributed by atoms with Crippen molar-refractivity contribution in [1.82, 2.24) is 4.90 Å². The van der Waals surface area contributed by atoms with E-state index in [0.29, 0.717) is 12.5 Å². The number of nitrogens with two attached hydrogens (primary N) is 1. The van der Waals surface area contributed by atoms with Crippen LogP contribution in [0, 0.1) is 5.92 Å². The first-order chi connectivity index (χ1) is 8.81.